The van der Waals surface area contributed by atoms with E-state index < -0.39 is 17.8 Å². The number of carbonyl (C=O) groups excluding carboxylic acids is 3. The van der Waals surface area contributed by atoms with Gasteiger partial charge in [0.1, 0.15) is 24.7 Å². The van der Waals surface area contributed by atoms with E-state index in [1.54, 1.807) is 48.5 Å². The normalized spacial score (nSPS) is 10.1. The van der Waals surface area contributed by atoms with E-state index in [2.05, 4.69) is 10.1 Å². The summed E-state index contributed by atoms with van der Waals surface area (Å²) in [5.41, 5.74) is 1.51. The van der Waals surface area contributed by atoms with Crippen LogP contribution in [0.2, 0.25) is 0 Å². The molecule has 3 aromatic carbocycles. The number of ether oxygens (including phenoxy) is 3. The van der Waals surface area contributed by atoms with Gasteiger partial charge in [-0.05, 0) is 54.1 Å². The molecular weight excluding hydrogens is 398 g/mol. The van der Waals surface area contributed by atoms with Crippen LogP contribution < -0.4 is 10.1 Å². The molecule has 158 valence electrons. The Labute approximate surface area is 179 Å². The molecule has 0 saturated carbocycles. The highest BCUT2D eigenvalue weighted by Crippen LogP contribution is 2.21. The molecule has 0 aliphatic rings. The van der Waals surface area contributed by atoms with Crippen LogP contribution >= 0.6 is 0 Å². The Bertz CT molecular complexity index is 1030. The summed E-state index contributed by atoms with van der Waals surface area (Å²) in [6.45, 7) is -0.233. The van der Waals surface area contributed by atoms with Crippen molar-refractivity contribution in [3.8, 4) is 11.5 Å². The quantitative estimate of drug-likeness (QED) is 0.560. The van der Waals surface area contributed by atoms with Crippen LogP contribution in [0, 0.1) is 0 Å². The highest BCUT2D eigenvalue weighted by atomic mass is 16.5. The maximum atomic E-state index is 12.2. The van der Waals surface area contributed by atoms with Crippen LogP contribution in [0.25, 0.3) is 0 Å². The number of methoxy groups -OCH3 is 1. The second kappa shape index (κ2) is 10.6. The lowest BCUT2D eigenvalue weighted by atomic mass is 10.1. The first-order valence-corrected chi connectivity index (χ1v) is 9.49. The Morgan fingerprint density at radius 2 is 1.39 bits per heavy atom. The molecule has 7 heteroatoms. The summed E-state index contributed by atoms with van der Waals surface area (Å²) in [5, 5.41) is 2.52. The SMILES string of the molecule is COC(=O)c1ccc(COC(=O)CNC(=O)c2ccc(Oc3ccccc3)cc2)cc1. The number of benzene rings is 3. The highest BCUT2D eigenvalue weighted by molar-refractivity contribution is 5.96. The molecule has 0 saturated heterocycles. The lowest BCUT2D eigenvalue weighted by molar-refractivity contribution is -0.143. The topological polar surface area (TPSA) is 90.9 Å². The number of rotatable bonds is 8. The maximum absolute atomic E-state index is 12.2. The minimum absolute atomic E-state index is 0.0294. The molecule has 3 aromatic rings. The summed E-state index contributed by atoms with van der Waals surface area (Å²) in [6.07, 6.45) is 0. The fourth-order valence-electron chi connectivity index (χ4n) is 2.62. The van der Waals surface area contributed by atoms with Crippen LogP contribution in [-0.2, 0) is 20.9 Å². The molecule has 0 unspecified atom stereocenters. The zero-order chi connectivity index (χ0) is 22.1. The average molecular weight is 419 g/mol. The molecule has 0 aliphatic carbocycles. The Morgan fingerprint density at radius 3 is 2.03 bits per heavy atom. The van der Waals surface area contributed by atoms with Crippen LogP contribution in [0.3, 0.4) is 0 Å². The lowest BCUT2D eigenvalue weighted by Crippen LogP contribution is -2.30. The number of amides is 1. The van der Waals surface area contributed by atoms with E-state index in [-0.39, 0.29) is 13.2 Å². The van der Waals surface area contributed by atoms with Crippen molar-refractivity contribution in [1.29, 1.82) is 0 Å². The van der Waals surface area contributed by atoms with Crippen molar-refractivity contribution < 1.29 is 28.6 Å². The van der Waals surface area contributed by atoms with Crippen molar-refractivity contribution in [1.82, 2.24) is 5.32 Å². The first-order valence-electron chi connectivity index (χ1n) is 9.49. The van der Waals surface area contributed by atoms with Gasteiger partial charge in [-0.1, -0.05) is 30.3 Å². The molecule has 0 aliphatic heterocycles. The van der Waals surface area contributed by atoms with Crippen LogP contribution in [0.15, 0.2) is 78.9 Å². The van der Waals surface area contributed by atoms with Crippen molar-refractivity contribution in [2.75, 3.05) is 13.7 Å². The Morgan fingerprint density at radius 1 is 0.774 bits per heavy atom. The summed E-state index contributed by atoms with van der Waals surface area (Å²) >= 11 is 0. The van der Waals surface area contributed by atoms with E-state index in [1.165, 1.54) is 7.11 Å². The maximum Gasteiger partial charge on any atom is 0.337 e. The average Bonchev–Trinajstić information content (AvgIpc) is 2.82. The van der Waals surface area contributed by atoms with E-state index in [0.29, 0.717) is 28.2 Å². The third kappa shape index (κ3) is 6.43. The first-order chi connectivity index (χ1) is 15.0. The number of nitrogens with one attached hydrogen (secondary N) is 1. The third-order valence-corrected chi connectivity index (χ3v) is 4.26. The van der Waals surface area contributed by atoms with E-state index in [0.717, 1.165) is 0 Å². The second-order valence-electron chi connectivity index (χ2n) is 6.47. The fourth-order valence-corrected chi connectivity index (χ4v) is 2.62. The number of carbonyl (C=O) groups is 3. The van der Waals surface area contributed by atoms with Crippen molar-refractivity contribution in [2.45, 2.75) is 6.61 Å². The van der Waals surface area contributed by atoms with E-state index in [1.807, 2.05) is 30.3 Å². The van der Waals surface area contributed by atoms with Gasteiger partial charge in [0.15, 0.2) is 0 Å². The van der Waals surface area contributed by atoms with Gasteiger partial charge in [-0.15, -0.1) is 0 Å². The highest BCUT2D eigenvalue weighted by Gasteiger charge is 2.10. The lowest BCUT2D eigenvalue weighted by Gasteiger charge is -2.08. The first kappa shape index (κ1) is 21.6. The summed E-state index contributed by atoms with van der Waals surface area (Å²) in [7, 11) is 1.30. The van der Waals surface area contributed by atoms with Gasteiger partial charge in [0.2, 0.25) is 0 Å². The molecule has 7 nitrogen and oxygen atoms in total. The van der Waals surface area contributed by atoms with Gasteiger partial charge in [-0.2, -0.15) is 0 Å². The monoisotopic (exact) mass is 419 g/mol. The summed E-state index contributed by atoms with van der Waals surface area (Å²) in [4.78, 5) is 35.5. The van der Waals surface area contributed by atoms with Crippen molar-refractivity contribution in [3.63, 3.8) is 0 Å². The third-order valence-electron chi connectivity index (χ3n) is 4.26. The number of hydrogen-bond donors (Lipinski definition) is 1. The van der Waals surface area contributed by atoms with Crippen molar-refractivity contribution in [2.24, 2.45) is 0 Å². The van der Waals surface area contributed by atoms with E-state index >= 15 is 0 Å². The molecule has 0 heterocycles. The van der Waals surface area contributed by atoms with Gasteiger partial charge in [-0.3, -0.25) is 9.59 Å². The molecule has 0 radical (unpaired) electrons. The molecule has 1 N–H and O–H groups in total. The molecule has 0 spiro atoms. The Hall–Kier alpha value is -4.13. The summed E-state index contributed by atoms with van der Waals surface area (Å²) in [5.74, 6) is -0.117. The van der Waals surface area contributed by atoms with Gasteiger partial charge < -0.3 is 19.5 Å². The standard InChI is InChI=1S/C24H21NO6/c1-29-24(28)19-9-7-17(8-10-19)16-30-22(26)15-25-23(27)18-11-13-21(14-12-18)31-20-5-3-2-4-6-20/h2-14H,15-16H2,1H3,(H,25,27). The molecule has 0 fully saturated rings. The van der Waals surface area contributed by atoms with Crippen molar-refractivity contribution >= 4 is 17.8 Å². The predicted octanol–water partition coefficient (Wildman–Crippen LogP) is 3.74. The Balaban J connectivity index is 1.43. The smallest absolute Gasteiger partial charge is 0.337 e. The van der Waals surface area contributed by atoms with Crippen LogP contribution in [-0.4, -0.2) is 31.5 Å². The summed E-state index contributed by atoms with van der Waals surface area (Å²) in [6, 6.07) is 22.4. The van der Waals surface area contributed by atoms with E-state index in [9.17, 15) is 14.4 Å². The van der Waals surface area contributed by atoms with E-state index in [4.69, 9.17) is 9.47 Å². The molecule has 1 amide bonds. The minimum Gasteiger partial charge on any atom is -0.465 e. The Kier molecular flexibility index (Phi) is 7.37. The zero-order valence-corrected chi connectivity index (χ0v) is 16.9. The molecule has 31 heavy (non-hydrogen) atoms. The van der Waals surface area contributed by atoms with Crippen LogP contribution in [0.5, 0.6) is 11.5 Å². The number of esters is 2. The van der Waals surface area contributed by atoms with Gasteiger partial charge in [0, 0.05) is 5.56 Å². The molecular formula is C24H21NO6. The number of para-hydroxylation sites is 1. The van der Waals surface area contributed by atoms with Crippen LogP contribution in [0.1, 0.15) is 26.3 Å². The number of hydrogen-bond acceptors (Lipinski definition) is 6. The molecule has 0 atom stereocenters. The van der Waals surface area contributed by atoms with Gasteiger partial charge >= 0.3 is 11.9 Å². The van der Waals surface area contributed by atoms with Crippen LogP contribution in [0.4, 0.5) is 0 Å². The fraction of sp³-hybridized carbons (Fsp3) is 0.125. The van der Waals surface area contributed by atoms with Gasteiger partial charge in [0.05, 0.1) is 12.7 Å². The molecule has 0 aromatic heterocycles. The predicted molar refractivity (Wildman–Crippen MR) is 113 cm³/mol. The van der Waals surface area contributed by atoms with Gasteiger partial charge in [0.25, 0.3) is 5.91 Å². The van der Waals surface area contributed by atoms with Crippen molar-refractivity contribution in [3.05, 3.63) is 95.6 Å². The summed E-state index contributed by atoms with van der Waals surface area (Å²) < 4.78 is 15.4. The largest absolute Gasteiger partial charge is 0.465 e. The second-order valence-corrected chi connectivity index (χ2v) is 6.47. The zero-order valence-electron chi connectivity index (χ0n) is 16.9. The minimum atomic E-state index is -0.575. The molecule has 3 rings (SSSR count). The molecule has 0 bridgehead atoms. The van der Waals surface area contributed by atoms with Gasteiger partial charge in [-0.25, -0.2) is 4.79 Å².